The maximum atomic E-state index is 3.21. The third kappa shape index (κ3) is 6.49. The zero-order valence-corrected chi connectivity index (χ0v) is 11.5. The number of hydrogen-bond acceptors (Lipinski definition) is 2. The molecule has 0 spiro atoms. The van der Waals surface area contributed by atoms with E-state index in [9.17, 15) is 0 Å². The smallest absolute Gasteiger partial charge is 0.00965 e. The third-order valence-electron chi connectivity index (χ3n) is 3.29. The molecular formula is C14H30N2. The van der Waals surface area contributed by atoms with Crippen molar-refractivity contribution in [1.29, 1.82) is 0 Å². The topological polar surface area (TPSA) is 15.3 Å². The van der Waals surface area contributed by atoms with E-state index in [0.29, 0.717) is 0 Å². The van der Waals surface area contributed by atoms with E-state index in [0.717, 1.165) is 12.0 Å². The number of rotatable bonds is 10. The number of unbranched alkanes of at least 4 members (excludes halogenated alkanes) is 3. The summed E-state index contributed by atoms with van der Waals surface area (Å²) in [5.74, 6) is 0.824. The Morgan fingerprint density at radius 3 is 2.38 bits per heavy atom. The molecule has 1 aliphatic carbocycles. The first-order chi connectivity index (χ1) is 7.74. The summed E-state index contributed by atoms with van der Waals surface area (Å²) in [5.41, 5.74) is 0. The average molecular weight is 226 g/mol. The first-order valence-corrected chi connectivity index (χ1v) is 7.12. The molecule has 0 atom stereocenters. The van der Waals surface area contributed by atoms with Gasteiger partial charge in [0, 0.05) is 12.6 Å². The van der Waals surface area contributed by atoms with Gasteiger partial charge in [0.15, 0.2) is 0 Å². The summed E-state index contributed by atoms with van der Waals surface area (Å²) >= 11 is 0. The molecule has 0 saturated heterocycles. The summed E-state index contributed by atoms with van der Waals surface area (Å²) in [6.07, 6.45) is 8.43. The molecule has 16 heavy (non-hydrogen) atoms. The van der Waals surface area contributed by atoms with E-state index < -0.39 is 0 Å². The van der Waals surface area contributed by atoms with E-state index in [1.807, 2.05) is 7.05 Å². The summed E-state index contributed by atoms with van der Waals surface area (Å²) in [6.45, 7) is 8.49. The lowest BCUT2D eigenvalue weighted by Crippen LogP contribution is -2.31. The Balaban J connectivity index is 1.99. The fourth-order valence-electron chi connectivity index (χ4n) is 2.30. The molecule has 1 fully saturated rings. The highest BCUT2D eigenvalue weighted by atomic mass is 15.2. The minimum absolute atomic E-state index is 0.824. The van der Waals surface area contributed by atoms with Crippen molar-refractivity contribution in [2.45, 2.75) is 58.4 Å². The monoisotopic (exact) mass is 226 g/mol. The maximum absolute atomic E-state index is 3.21. The molecule has 0 amide bonds. The molecule has 0 aromatic rings. The highest BCUT2D eigenvalue weighted by Gasteiger charge is 2.28. The molecule has 0 unspecified atom stereocenters. The zero-order chi connectivity index (χ0) is 11.8. The van der Waals surface area contributed by atoms with E-state index in [1.165, 1.54) is 58.2 Å². The molecule has 1 saturated carbocycles. The van der Waals surface area contributed by atoms with Crippen LogP contribution in [0.25, 0.3) is 0 Å². The minimum Gasteiger partial charge on any atom is -0.320 e. The molecule has 1 rings (SSSR count). The van der Waals surface area contributed by atoms with Gasteiger partial charge in [0.2, 0.25) is 0 Å². The Kier molecular flexibility index (Phi) is 7.06. The lowest BCUT2D eigenvalue weighted by Gasteiger charge is -2.23. The van der Waals surface area contributed by atoms with Gasteiger partial charge < -0.3 is 10.2 Å². The van der Waals surface area contributed by atoms with Gasteiger partial charge in [-0.15, -0.1) is 0 Å². The lowest BCUT2D eigenvalue weighted by atomic mass is 10.1. The quantitative estimate of drug-likeness (QED) is 0.576. The van der Waals surface area contributed by atoms with Crippen LogP contribution in [-0.2, 0) is 0 Å². The van der Waals surface area contributed by atoms with Crippen molar-refractivity contribution >= 4 is 0 Å². The highest BCUT2D eigenvalue weighted by molar-refractivity contribution is 4.84. The van der Waals surface area contributed by atoms with Crippen molar-refractivity contribution in [3.63, 3.8) is 0 Å². The van der Waals surface area contributed by atoms with Crippen LogP contribution in [-0.4, -0.2) is 37.6 Å². The third-order valence-corrected chi connectivity index (χ3v) is 3.29. The number of nitrogens with one attached hydrogen (secondary N) is 1. The molecule has 2 heteroatoms. The van der Waals surface area contributed by atoms with Gasteiger partial charge in [0.25, 0.3) is 0 Å². The summed E-state index contributed by atoms with van der Waals surface area (Å²) in [6, 6.07) is 0.944. The Morgan fingerprint density at radius 1 is 1.12 bits per heavy atom. The molecule has 0 bridgehead atoms. The summed E-state index contributed by atoms with van der Waals surface area (Å²) < 4.78 is 0. The molecule has 1 aliphatic rings. The van der Waals surface area contributed by atoms with Crippen LogP contribution in [0.1, 0.15) is 52.4 Å². The van der Waals surface area contributed by atoms with Crippen molar-refractivity contribution in [1.82, 2.24) is 10.2 Å². The largest absolute Gasteiger partial charge is 0.320 e. The fraction of sp³-hybridized carbons (Fsp3) is 1.00. The van der Waals surface area contributed by atoms with Crippen molar-refractivity contribution in [3.8, 4) is 0 Å². The van der Waals surface area contributed by atoms with Gasteiger partial charge >= 0.3 is 0 Å². The van der Waals surface area contributed by atoms with Crippen LogP contribution in [0, 0.1) is 5.92 Å². The van der Waals surface area contributed by atoms with Gasteiger partial charge in [0.1, 0.15) is 0 Å². The molecule has 0 radical (unpaired) electrons. The highest BCUT2D eigenvalue weighted by Crippen LogP contribution is 2.27. The molecule has 0 aliphatic heterocycles. The molecule has 1 N–H and O–H groups in total. The van der Waals surface area contributed by atoms with Gasteiger partial charge in [-0.25, -0.2) is 0 Å². The second-order valence-corrected chi connectivity index (χ2v) is 5.64. The van der Waals surface area contributed by atoms with Crippen LogP contribution in [0.3, 0.4) is 0 Å². The van der Waals surface area contributed by atoms with Crippen LogP contribution in [0.5, 0.6) is 0 Å². The molecule has 0 heterocycles. The van der Waals surface area contributed by atoms with Crippen molar-refractivity contribution in [2.75, 3.05) is 26.7 Å². The molecule has 0 aromatic carbocycles. The molecule has 0 aromatic heterocycles. The zero-order valence-electron chi connectivity index (χ0n) is 11.5. The van der Waals surface area contributed by atoms with Crippen molar-refractivity contribution < 1.29 is 0 Å². The van der Waals surface area contributed by atoms with Gasteiger partial charge in [-0.05, 0) is 51.7 Å². The molecule has 2 nitrogen and oxygen atoms in total. The Morgan fingerprint density at radius 2 is 1.81 bits per heavy atom. The standard InChI is InChI=1S/C14H30N2/c1-13(2)12-16(14-8-9-14)11-7-5-4-6-10-15-3/h13-15H,4-12H2,1-3H3. The predicted octanol–water partition coefficient (Wildman–Crippen LogP) is 2.89. The normalized spacial score (nSPS) is 16.3. The molecule has 96 valence electrons. The van der Waals surface area contributed by atoms with Crippen LogP contribution in [0.4, 0.5) is 0 Å². The maximum Gasteiger partial charge on any atom is 0.00965 e. The van der Waals surface area contributed by atoms with Crippen LogP contribution < -0.4 is 5.32 Å². The molecular weight excluding hydrogens is 196 g/mol. The van der Waals surface area contributed by atoms with Crippen LogP contribution in [0.2, 0.25) is 0 Å². The van der Waals surface area contributed by atoms with E-state index in [4.69, 9.17) is 0 Å². The number of hydrogen-bond donors (Lipinski definition) is 1. The fourth-order valence-corrected chi connectivity index (χ4v) is 2.30. The average Bonchev–Trinajstić information content (AvgIpc) is 3.04. The summed E-state index contributed by atoms with van der Waals surface area (Å²) in [5, 5.41) is 3.21. The summed E-state index contributed by atoms with van der Waals surface area (Å²) in [7, 11) is 2.04. The van der Waals surface area contributed by atoms with Gasteiger partial charge in [-0.2, -0.15) is 0 Å². The van der Waals surface area contributed by atoms with E-state index >= 15 is 0 Å². The Bertz CT molecular complexity index is 164. The van der Waals surface area contributed by atoms with Gasteiger partial charge in [0.05, 0.1) is 0 Å². The second-order valence-electron chi connectivity index (χ2n) is 5.64. The first kappa shape index (κ1) is 14.0. The second kappa shape index (κ2) is 8.08. The predicted molar refractivity (Wildman–Crippen MR) is 71.8 cm³/mol. The van der Waals surface area contributed by atoms with Crippen LogP contribution >= 0.6 is 0 Å². The van der Waals surface area contributed by atoms with E-state index in [-0.39, 0.29) is 0 Å². The number of nitrogens with zero attached hydrogens (tertiary/aromatic N) is 1. The Hall–Kier alpha value is -0.0800. The van der Waals surface area contributed by atoms with E-state index in [1.54, 1.807) is 0 Å². The van der Waals surface area contributed by atoms with Crippen molar-refractivity contribution in [3.05, 3.63) is 0 Å². The van der Waals surface area contributed by atoms with Gasteiger partial charge in [-0.3, -0.25) is 0 Å². The lowest BCUT2D eigenvalue weighted by molar-refractivity contribution is 0.229. The minimum atomic E-state index is 0.824. The van der Waals surface area contributed by atoms with E-state index in [2.05, 4.69) is 24.1 Å². The first-order valence-electron chi connectivity index (χ1n) is 7.12. The van der Waals surface area contributed by atoms with Crippen molar-refractivity contribution in [2.24, 2.45) is 5.92 Å². The van der Waals surface area contributed by atoms with Gasteiger partial charge in [-0.1, -0.05) is 26.7 Å². The summed E-state index contributed by atoms with van der Waals surface area (Å²) in [4.78, 5) is 2.72. The Labute approximate surface area is 102 Å². The van der Waals surface area contributed by atoms with Crippen LogP contribution in [0.15, 0.2) is 0 Å². The SMILES string of the molecule is CNCCCCCCN(CC(C)C)C1CC1.